The smallest absolute Gasteiger partial charge is 0.272 e. The average molecular weight is 314 g/mol. The van der Waals surface area contributed by atoms with Gasteiger partial charge in [0.15, 0.2) is 5.69 Å². The first-order valence-electron chi connectivity index (χ1n) is 8.08. The molecule has 0 spiro atoms. The number of rotatable bonds is 4. The highest BCUT2D eigenvalue weighted by Crippen LogP contribution is 2.28. The zero-order valence-corrected chi connectivity index (χ0v) is 12.8. The zero-order chi connectivity index (χ0) is 15.8. The number of halogens is 1. The van der Waals surface area contributed by atoms with Gasteiger partial charge in [-0.05, 0) is 31.4 Å². The number of benzene rings is 1. The number of carbonyl (C=O) groups excluding carboxylic acids is 1. The highest BCUT2D eigenvalue weighted by Gasteiger charge is 2.28. The maximum atomic E-state index is 14.1. The van der Waals surface area contributed by atoms with Crippen LogP contribution in [-0.4, -0.2) is 35.3 Å². The number of para-hydroxylation sites is 1. The van der Waals surface area contributed by atoms with Crippen molar-refractivity contribution in [3.05, 3.63) is 47.0 Å². The summed E-state index contributed by atoms with van der Waals surface area (Å²) in [7, 11) is 0. The van der Waals surface area contributed by atoms with Crippen LogP contribution in [-0.2, 0) is 12.8 Å². The van der Waals surface area contributed by atoms with Crippen LogP contribution in [0.3, 0.4) is 0 Å². The Kier molecular flexibility index (Phi) is 3.61. The van der Waals surface area contributed by atoms with E-state index >= 15 is 0 Å². The quantitative estimate of drug-likeness (QED) is 0.898. The van der Waals surface area contributed by atoms with Gasteiger partial charge < -0.3 is 10.6 Å². The number of fused-ring (bicyclic) bond motifs is 1. The number of carbonyl (C=O) groups is 1. The molecule has 0 bridgehead atoms. The minimum Gasteiger partial charge on any atom is -0.350 e. The molecule has 23 heavy (non-hydrogen) atoms. The van der Waals surface area contributed by atoms with Crippen LogP contribution in [0.25, 0.3) is 5.69 Å². The van der Waals surface area contributed by atoms with E-state index in [2.05, 4.69) is 15.7 Å². The van der Waals surface area contributed by atoms with Gasteiger partial charge in [0.25, 0.3) is 5.91 Å². The molecule has 2 N–H and O–H groups in total. The fraction of sp³-hybridized carbons (Fsp3) is 0.412. The minimum absolute atomic E-state index is 0.148. The number of hydrogen-bond acceptors (Lipinski definition) is 3. The van der Waals surface area contributed by atoms with Crippen molar-refractivity contribution in [2.45, 2.75) is 19.3 Å². The van der Waals surface area contributed by atoms with Gasteiger partial charge in [0.05, 0.1) is 0 Å². The van der Waals surface area contributed by atoms with Crippen molar-refractivity contribution >= 4 is 5.91 Å². The summed E-state index contributed by atoms with van der Waals surface area (Å²) in [5, 5.41) is 10.6. The average Bonchev–Trinajstić information content (AvgIpc) is 3.08. The maximum absolute atomic E-state index is 14.1. The van der Waals surface area contributed by atoms with Gasteiger partial charge in [-0.15, -0.1) is 0 Å². The van der Waals surface area contributed by atoms with Crippen LogP contribution in [0, 0.1) is 11.7 Å². The number of nitrogens with one attached hydrogen (secondary N) is 2. The highest BCUT2D eigenvalue weighted by atomic mass is 19.1. The first-order valence-corrected chi connectivity index (χ1v) is 8.08. The lowest BCUT2D eigenvalue weighted by Gasteiger charge is -2.26. The summed E-state index contributed by atoms with van der Waals surface area (Å²) in [5.41, 5.74) is 2.80. The summed E-state index contributed by atoms with van der Waals surface area (Å²) in [6.45, 7) is 2.55. The molecule has 0 atom stereocenters. The van der Waals surface area contributed by atoms with Gasteiger partial charge in [0.2, 0.25) is 0 Å². The van der Waals surface area contributed by atoms with E-state index in [0.717, 1.165) is 43.6 Å². The van der Waals surface area contributed by atoms with Gasteiger partial charge in [-0.1, -0.05) is 12.1 Å². The molecule has 1 saturated heterocycles. The van der Waals surface area contributed by atoms with E-state index < -0.39 is 0 Å². The lowest BCUT2D eigenvalue weighted by molar-refractivity contribution is 0.0936. The molecule has 5 nitrogen and oxygen atoms in total. The van der Waals surface area contributed by atoms with Crippen LogP contribution in [0.5, 0.6) is 0 Å². The molecule has 1 fully saturated rings. The molecule has 2 aromatic rings. The largest absolute Gasteiger partial charge is 0.350 e. The summed E-state index contributed by atoms with van der Waals surface area (Å²) in [4.78, 5) is 12.5. The van der Waals surface area contributed by atoms with Crippen LogP contribution < -0.4 is 10.6 Å². The Labute approximate surface area is 133 Å². The van der Waals surface area contributed by atoms with E-state index in [4.69, 9.17) is 0 Å². The summed E-state index contributed by atoms with van der Waals surface area (Å²) >= 11 is 0. The molecule has 0 radical (unpaired) electrons. The van der Waals surface area contributed by atoms with Gasteiger partial charge in [0.1, 0.15) is 11.5 Å². The lowest BCUT2D eigenvalue weighted by atomic mass is 10.0. The van der Waals surface area contributed by atoms with Crippen LogP contribution in [0.1, 0.15) is 28.2 Å². The molecular formula is C17H19FN4O. The van der Waals surface area contributed by atoms with Crippen molar-refractivity contribution in [3.63, 3.8) is 0 Å². The minimum atomic E-state index is -0.322. The molecule has 1 aliphatic carbocycles. The monoisotopic (exact) mass is 314 g/mol. The second kappa shape index (κ2) is 5.77. The van der Waals surface area contributed by atoms with Crippen molar-refractivity contribution in [2.75, 3.05) is 19.6 Å². The van der Waals surface area contributed by atoms with Gasteiger partial charge in [-0.2, -0.15) is 5.10 Å². The SMILES string of the molecule is O=C(NCC1CNC1)c1nn(-c2ccccc2F)c2c1CCC2. The van der Waals surface area contributed by atoms with Gasteiger partial charge >= 0.3 is 0 Å². The Bertz CT molecular complexity index is 751. The fourth-order valence-corrected chi connectivity index (χ4v) is 3.26. The first-order chi connectivity index (χ1) is 11.2. The van der Waals surface area contributed by atoms with Gasteiger partial charge in [0, 0.05) is 36.8 Å². The molecule has 2 heterocycles. The number of hydrogen-bond donors (Lipinski definition) is 2. The second-order valence-electron chi connectivity index (χ2n) is 6.22. The molecule has 1 aromatic heterocycles. The lowest BCUT2D eigenvalue weighted by Crippen LogP contribution is -2.48. The Morgan fingerprint density at radius 2 is 2.17 bits per heavy atom. The predicted octanol–water partition coefficient (Wildman–Crippen LogP) is 1.45. The number of nitrogens with zero attached hydrogens (tertiary/aromatic N) is 2. The fourth-order valence-electron chi connectivity index (χ4n) is 3.26. The third kappa shape index (κ3) is 2.53. The molecule has 120 valence electrons. The summed E-state index contributed by atoms with van der Waals surface area (Å²) in [5.74, 6) is 0.0305. The first kappa shape index (κ1) is 14.4. The Morgan fingerprint density at radius 3 is 2.91 bits per heavy atom. The topological polar surface area (TPSA) is 59.0 Å². The zero-order valence-electron chi connectivity index (χ0n) is 12.8. The summed E-state index contributed by atoms with van der Waals surface area (Å²) in [6.07, 6.45) is 2.64. The van der Waals surface area contributed by atoms with Crippen molar-refractivity contribution in [1.82, 2.24) is 20.4 Å². The maximum Gasteiger partial charge on any atom is 0.272 e. The molecule has 0 saturated carbocycles. The molecule has 4 rings (SSSR count). The van der Waals surface area contributed by atoms with E-state index in [9.17, 15) is 9.18 Å². The number of amides is 1. The standard InChI is InChI=1S/C17H19FN4O/c18-13-5-1-2-6-15(13)22-14-7-3-4-12(14)16(21-22)17(23)20-10-11-8-19-9-11/h1-2,5-6,11,19H,3-4,7-10H2,(H,20,23). The Hall–Kier alpha value is -2.21. The second-order valence-corrected chi connectivity index (χ2v) is 6.22. The third-order valence-electron chi connectivity index (χ3n) is 4.64. The molecule has 1 amide bonds. The summed E-state index contributed by atoms with van der Waals surface area (Å²) in [6, 6.07) is 6.55. The molecule has 6 heteroatoms. The van der Waals surface area contributed by atoms with Crippen molar-refractivity contribution in [1.29, 1.82) is 0 Å². The van der Waals surface area contributed by atoms with Gasteiger partial charge in [-0.3, -0.25) is 4.79 Å². The molecular weight excluding hydrogens is 295 g/mol. The van der Waals surface area contributed by atoms with E-state index in [1.807, 2.05) is 0 Å². The van der Waals surface area contributed by atoms with Crippen LogP contribution in [0.2, 0.25) is 0 Å². The molecule has 1 aliphatic heterocycles. The molecule has 2 aliphatic rings. The highest BCUT2D eigenvalue weighted by molar-refractivity contribution is 5.94. The van der Waals surface area contributed by atoms with Crippen LogP contribution >= 0.6 is 0 Å². The van der Waals surface area contributed by atoms with Crippen molar-refractivity contribution in [3.8, 4) is 5.69 Å². The summed E-state index contributed by atoms with van der Waals surface area (Å²) < 4.78 is 15.7. The third-order valence-corrected chi connectivity index (χ3v) is 4.64. The number of aromatic nitrogens is 2. The van der Waals surface area contributed by atoms with E-state index in [1.165, 1.54) is 6.07 Å². The van der Waals surface area contributed by atoms with Crippen molar-refractivity contribution < 1.29 is 9.18 Å². The Morgan fingerprint density at radius 1 is 1.35 bits per heavy atom. The Balaban J connectivity index is 1.64. The van der Waals surface area contributed by atoms with Gasteiger partial charge in [-0.25, -0.2) is 9.07 Å². The molecule has 1 aromatic carbocycles. The van der Waals surface area contributed by atoms with E-state index in [1.54, 1.807) is 22.9 Å². The van der Waals surface area contributed by atoms with Crippen molar-refractivity contribution in [2.24, 2.45) is 5.92 Å². The van der Waals surface area contributed by atoms with E-state index in [0.29, 0.717) is 23.8 Å². The van der Waals surface area contributed by atoms with E-state index in [-0.39, 0.29) is 11.7 Å². The van der Waals surface area contributed by atoms with Crippen LogP contribution in [0.4, 0.5) is 4.39 Å². The van der Waals surface area contributed by atoms with Crippen LogP contribution in [0.15, 0.2) is 24.3 Å². The predicted molar refractivity (Wildman–Crippen MR) is 84.2 cm³/mol. The molecule has 0 unspecified atom stereocenters. The normalized spacial score (nSPS) is 16.9.